The molecule has 1 heterocycles. The monoisotopic (exact) mass is 171 g/mol. The Hall–Kier alpha value is -1.83. The lowest BCUT2D eigenvalue weighted by Gasteiger charge is -1.88. The van der Waals surface area contributed by atoms with Crippen LogP contribution in [0.4, 0.5) is 0 Å². The highest BCUT2D eigenvalue weighted by Crippen LogP contribution is 2.08. The SMILES string of the molecule is c1ccc2ccccc2ocnc1. The zero-order chi connectivity index (χ0) is 8.93. The van der Waals surface area contributed by atoms with Gasteiger partial charge in [-0.2, -0.15) is 0 Å². The molecule has 0 radical (unpaired) electrons. The van der Waals surface area contributed by atoms with Crippen molar-refractivity contribution in [2.24, 2.45) is 0 Å². The van der Waals surface area contributed by atoms with Crippen molar-refractivity contribution in [3.63, 3.8) is 0 Å². The largest absolute Gasteiger partial charge is 0.445 e. The quantitative estimate of drug-likeness (QED) is 0.609. The van der Waals surface area contributed by atoms with E-state index in [4.69, 9.17) is 4.42 Å². The molecule has 0 fully saturated rings. The van der Waals surface area contributed by atoms with Crippen molar-refractivity contribution < 1.29 is 4.42 Å². The summed E-state index contributed by atoms with van der Waals surface area (Å²) in [5.41, 5.74) is 0.825. The van der Waals surface area contributed by atoms with Crippen LogP contribution in [-0.2, 0) is 0 Å². The van der Waals surface area contributed by atoms with Crippen LogP contribution in [0.15, 0.2) is 59.5 Å². The van der Waals surface area contributed by atoms with Crippen LogP contribution < -0.4 is 0 Å². The zero-order valence-corrected chi connectivity index (χ0v) is 7.05. The van der Waals surface area contributed by atoms with Gasteiger partial charge in [-0.1, -0.05) is 30.3 Å². The van der Waals surface area contributed by atoms with Crippen molar-refractivity contribution >= 4 is 11.0 Å². The lowest BCUT2D eigenvalue weighted by molar-refractivity contribution is 0.584. The van der Waals surface area contributed by atoms with E-state index in [2.05, 4.69) is 4.98 Å². The minimum atomic E-state index is 0.825. The second-order valence-corrected chi connectivity index (χ2v) is 2.61. The first-order chi connectivity index (χ1) is 6.47. The normalized spacial score (nSPS) is 9.54. The van der Waals surface area contributed by atoms with Crippen molar-refractivity contribution in [2.45, 2.75) is 0 Å². The first-order valence-corrected chi connectivity index (χ1v) is 4.07. The molecule has 2 aromatic rings. The van der Waals surface area contributed by atoms with Crippen molar-refractivity contribution in [2.75, 3.05) is 0 Å². The Morgan fingerprint density at radius 2 is 1.69 bits per heavy atom. The number of aromatic nitrogens is 1. The summed E-state index contributed by atoms with van der Waals surface area (Å²) in [6, 6.07) is 13.6. The topological polar surface area (TPSA) is 26.0 Å². The fraction of sp³-hybridized carbons (Fsp3) is 0. The Bertz CT molecular complexity index is 406. The lowest BCUT2D eigenvalue weighted by atomic mass is 10.2. The maximum Gasteiger partial charge on any atom is 0.181 e. The van der Waals surface area contributed by atoms with Crippen LogP contribution in [0, 0.1) is 0 Å². The molecule has 0 atom stereocenters. The molecule has 64 valence electrons. The summed E-state index contributed by atoms with van der Waals surface area (Å²) in [5, 5.41) is 1.06. The first-order valence-electron chi connectivity index (χ1n) is 4.07. The van der Waals surface area contributed by atoms with E-state index >= 15 is 0 Å². The summed E-state index contributed by atoms with van der Waals surface area (Å²) in [7, 11) is 0. The van der Waals surface area contributed by atoms with Crippen LogP contribution >= 0.6 is 0 Å². The predicted octanol–water partition coefficient (Wildman–Crippen LogP) is 2.95. The van der Waals surface area contributed by atoms with E-state index in [0.717, 1.165) is 11.0 Å². The van der Waals surface area contributed by atoms with Crippen LogP contribution in [-0.4, -0.2) is 4.98 Å². The van der Waals surface area contributed by atoms with Gasteiger partial charge < -0.3 is 4.42 Å². The van der Waals surface area contributed by atoms with E-state index in [1.165, 1.54) is 6.39 Å². The number of benzene rings is 1. The molecule has 0 saturated heterocycles. The molecule has 0 spiro atoms. The molecule has 2 heteroatoms. The summed E-state index contributed by atoms with van der Waals surface area (Å²) >= 11 is 0. The van der Waals surface area contributed by atoms with Gasteiger partial charge >= 0.3 is 0 Å². The molecule has 0 N–H and O–H groups in total. The van der Waals surface area contributed by atoms with Crippen LogP contribution in [0.25, 0.3) is 11.0 Å². The van der Waals surface area contributed by atoms with Crippen LogP contribution in [0.2, 0.25) is 0 Å². The van der Waals surface area contributed by atoms with Gasteiger partial charge in [-0.05, 0) is 12.1 Å². The molecule has 1 aromatic heterocycles. The average Bonchev–Trinajstić information content (AvgIpc) is 2.28. The van der Waals surface area contributed by atoms with Gasteiger partial charge in [-0.3, -0.25) is 0 Å². The molecule has 0 saturated carbocycles. The molecule has 2 nitrogen and oxygen atoms in total. The molecule has 0 aliphatic carbocycles. The van der Waals surface area contributed by atoms with Crippen LogP contribution in [0.5, 0.6) is 0 Å². The van der Waals surface area contributed by atoms with Gasteiger partial charge in [-0.15, -0.1) is 0 Å². The molecule has 1 aromatic carbocycles. The Kier molecular flexibility index (Phi) is 2.23. The minimum absolute atomic E-state index is 0.825. The Morgan fingerprint density at radius 3 is 2.62 bits per heavy atom. The third-order valence-corrected chi connectivity index (χ3v) is 1.72. The summed E-state index contributed by atoms with van der Waals surface area (Å²) in [6.45, 7) is 0. The molecule has 0 amide bonds. The van der Waals surface area contributed by atoms with E-state index in [1.807, 2.05) is 42.5 Å². The number of hydrogen-bond acceptors (Lipinski definition) is 2. The van der Waals surface area contributed by atoms with Crippen LogP contribution in [0.3, 0.4) is 0 Å². The Morgan fingerprint density at radius 1 is 0.923 bits per heavy atom. The molecule has 0 unspecified atom stereocenters. The minimum Gasteiger partial charge on any atom is -0.445 e. The molecule has 13 heavy (non-hydrogen) atoms. The fourth-order valence-electron chi connectivity index (χ4n) is 1.11. The molecular formula is C11H9NO. The van der Waals surface area contributed by atoms with Gasteiger partial charge in [0.2, 0.25) is 0 Å². The van der Waals surface area contributed by atoms with E-state index in [9.17, 15) is 0 Å². The van der Waals surface area contributed by atoms with Gasteiger partial charge in [0.1, 0.15) is 5.58 Å². The smallest absolute Gasteiger partial charge is 0.181 e. The number of fused-ring (bicyclic) bond motifs is 1. The van der Waals surface area contributed by atoms with E-state index in [-0.39, 0.29) is 0 Å². The highest BCUT2D eigenvalue weighted by Gasteiger charge is 1.86. The van der Waals surface area contributed by atoms with Gasteiger partial charge in [-0.25, -0.2) is 4.98 Å². The standard InChI is InChI=1S/C11H9NO/c1-2-7-11-10(5-1)6-3-4-8-12-9-13-11/h1-9H. The Labute approximate surface area is 76.2 Å². The molecule has 0 bridgehead atoms. The van der Waals surface area contributed by atoms with Crippen molar-refractivity contribution in [1.82, 2.24) is 4.98 Å². The molecule has 2 rings (SSSR count). The number of rotatable bonds is 0. The second-order valence-electron chi connectivity index (χ2n) is 2.61. The molecule has 0 aliphatic rings. The highest BCUT2D eigenvalue weighted by molar-refractivity contribution is 5.75. The fourth-order valence-corrected chi connectivity index (χ4v) is 1.11. The average molecular weight is 171 g/mol. The second kappa shape index (κ2) is 3.72. The Balaban J connectivity index is 2.82. The van der Waals surface area contributed by atoms with Crippen molar-refractivity contribution in [3.05, 3.63) is 55.1 Å². The van der Waals surface area contributed by atoms with E-state index in [1.54, 1.807) is 6.20 Å². The summed E-state index contributed by atoms with van der Waals surface area (Å²) in [4.78, 5) is 3.91. The van der Waals surface area contributed by atoms with Gasteiger partial charge in [0, 0.05) is 11.6 Å². The van der Waals surface area contributed by atoms with Crippen molar-refractivity contribution in [3.8, 4) is 0 Å². The molecule has 0 aliphatic heterocycles. The maximum absolute atomic E-state index is 5.31. The first kappa shape index (κ1) is 7.80. The van der Waals surface area contributed by atoms with Gasteiger partial charge in [0.25, 0.3) is 0 Å². The number of nitrogens with zero attached hydrogens (tertiary/aromatic N) is 1. The predicted molar refractivity (Wildman–Crippen MR) is 51.6 cm³/mol. The summed E-state index contributed by atoms with van der Waals surface area (Å²) in [5.74, 6) is 0. The number of para-hydroxylation sites is 1. The molecular weight excluding hydrogens is 162 g/mol. The van der Waals surface area contributed by atoms with Crippen LogP contribution in [0.1, 0.15) is 0 Å². The zero-order valence-electron chi connectivity index (χ0n) is 7.05. The number of hydrogen-bond donors (Lipinski definition) is 0. The summed E-state index contributed by atoms with van der Waals surface area (Å²) < 4.78 is 5.31. The van der Waals surface area contributed by atoms with E-state index < -0.39 is 0 Å². The van der Waals surface area contributed by atoms with Gasteiger partial charge in [0.05, 0.1) is 0 Å². The van der Waals surface area contributed by atoms with Crippen molar-refractivity contribution in [1.29, 1.82) is 0 Å². The lowest BCUT2D eigenvalue weighted by Crippen LogP contribution is -1.64. The third-order valence-electron chi connectivity index (χ3n) is 1.72. The third kappa shape index (κ3) is 1.85. The summed E-state index contributed by atoms with van der Waals surface area (Å²) in [6.07, 6.45) is 3.12. The van der Waals surface area contributed by atoms with Gasteiger partial charge in [0.15, 0.2) is 6.39 Å². The van der Waals surface area contributed by atoms with E-state index in [0.29, 0.717) is 0 Å². The maximum atomic E-state index is 5.31. The highest BCUT2D eigenvalue weighted by atomic mass is 16.3.